The van der Waals surface area contributed by atoms with Crippen molar-refractivity contribution >= 4 is 40.2 Å². The average Bonchev–Trinajstić information content (AvgIpc) is 3.58. The lowest BCUT2D eigenvalue weighted by Crippen LogP contribution is -2.46. The molecule has 10 nitrogen and oxygen atoms in total. The third kappa shape index (κ3) is 5.13. The second kappa shape index (κ2) is 11.1. The summed E-state index contributed by atoms with van der Waals surface area (Å²) in [6.45, 7) is 0.175. The Morgan fingerprint density at radius 1 is 0.929 bits per heavy atom. The van der Waals surface area contributed by atoms with Gasteiger partial charge in [0.2, 0.25) is 11.8 Å². The fourth-order valence-electron chi connectivity index (χ4n) is 5.06. The number of carbonyl (C=O) groups is 3. The van der Waals surface area contributed by atoms with Gasteiger partial charge in [-0.2, -0.15) is 0 Å². The number of oxazole rings is 1. The van der Waals surface area contributed by atoms with Gasteiger partial charge in [0, 0.05) is 29.8 Å². The van der Waals surface area contributed by atoms with E-state index < -0.39 is 28.7 Å². The van der Waals surface area contributed by atoms with Crippen LogP contribution in [0.2, 0.25) is 0 Å². The van der Waals surface area contributed by atoms with Crippen molar-refractivity contribution in [1.29, 1.82) is 0 Å². The maximum Gasteiger partial charge on any atom is 0.269 e. The van der Waals surface area contributed by atoms with Crippen LogP contribution in [-0.2, 0) is 16.0 Å². The Kier molecular flexibility index (Phi) is 7.02. The summed E-state index contributed by atoms with van der Waals surface area (Å²) < 4.78 is 5.82. The molecule has 208 valence electrons. The molecular weight excluding hydrogens is 536 g/mol. The second-order valence-corrected chi connectivity index (χ2v) is 9.86. The van der Waals surface area contributed by atoms with Crippen LogP contribution in [0.5, 0.6) is 0 Å². The van der Waals surface area contributed by atoms with Gasteiger partial charge in [0.1, 0.15) is 11.6 Å². The quantitative estimate of drug-likeness (QED) is 0.141. The lowest BCUT2D eigenvalue weighted by molar-refractivity contribution is -0.384. The van der Waals surface area contributed by atoms with E-state index in [0.717, 1.165) is 16.0 Å². The van der Waals surface area contributed by atoms with Crippen molar-refractivity contribution in [3.05, 3.63) is 124 Å². The van der Waals surface area contributed by atoms with Gasteiger partial charge in [-0.05, 0) is 60.5 Å². The summed E-state index contributed by atoms with van der Waals surface area (Å²) in [6, 6.07) is 27.8. The Bertz CT molecular complexity index is 1770. The van der Waals surface area contributed by atoms with E-state index in [2.05, 4.69) is 4.98 Å². The molecule has 4 aromatic carbocycles. The summed E-state index contributed by atoms with van der Waals surface area (Å²) in [6.07, 6.45) is 0.274. The number of nitrogens with zero attached hydrogens (tertiary/aromatic N) is 4. The van der Waals surface area contributed by atoms with Gasteiger partial charge in [-0.25, -0.2) is 9.88 Å². The highest BCUT2D eigenvalue weighted by Gasteiger charge is 2.44. The van der Waals surface area contributed by atoms with Gasteiger partial charge < -0.3 is 9.32 Å². The number of benzene rings is 4. The third-order valence-electron chi connectivity index (χ3n) is 7.24. The normalized spacial score (nSPS) is 14.9. The highest BCUT2D eigenvalue weighted by Crippen LogP contribution is 2.30. The summed E-state index contributed by atoms with van der Waals surface area (Å²) in [5, 5.41) is 11.1. The topological polar surface area (TPSA) is 127 Å². The fraction of sp³-hybridized carbons (Fsp3) is 0.125. The van der Waals surface area contributed by atoms with Crippen LogP contribution < -0.4 is 4.90 Å². The number of hydrogen-bond acceptors (Lipinski definition) is 7. The van der Waals surface area contributed by atoms with Gasteiger partial charge in [0.15, 0.2) is 5.58 Å². The predicted octanol–water partition coefficient (Wildman–Crippen LogP) is 5.42. The molecule has 6 rings (SSSR count). The molecule has 0 bridgehead atoms. The van der Waals surface area contributed by atoms with Crippen molar-refractivity contribution in [1.82, 2.24) is 9.88 Å². The Labute approximate surface area is 240 Å². The number of aromatic nitrogens is 1. The zero-order chi connectivity index (χ0) is 29.2. The molecule has 0 N–H and O–H groups in total. The molecule has 1 aliphatic rings. The molecule has 0 saturated carbocycles. The predicted molar refractivity (Wildman–Crippen MR) is 155 cm³/mol. The second-order valence-electron chi connectivity index (χ2n) is 9.86. The first-order chi connectivity index (χ1) is 20.4. The van der Waals surface area contributed by atoms with Crippen molar-refractivity contribution in [2.24, 2.45) is 0 Å². The summed E-state index contributed by atoms with van der Waals surface area (Å²) in [5.74, 6) is -1.01. The summed E-state index contributed by atoms with van der Waals surface area (Å²) >= 11 is 0. The number of carbonyl (C=O) groups excluding carboxylic acids is 3. The van der Waals surface area contributed by atoms with Gasteiger partial charge in [0.25, 0.3) is 17.5 Å². The van der Waals surface area contributed by atoms with Crippen LogP contribution in [0.4, 0.5) is 11.4 Å². The van der Waals surface area contributed by atoms with Crippen LogP contribution in [0.15, 0.2) is 108 Å². The lowest BCUT2D eigenvalue weighted by atomic mass is 10.1. The smallest absolute Gasteiger partial charge is 0.269 e. The summed E-state index contributed by atoms with van der Waals surface area (Å²) in [7, 11) is 0. The molecular formula is C32H24N4O6. The van der Waals surface area contributed by atoms with Gasteiger partial charge in [-0.3, -0.25) is 24.5 Å². The minimum atomic E-state index is -1.03. The number of hydrogen-bond donors (Lipinski definition) is 0. The van der Waals surface area contributed by atoms with Gasteiger partial charge in [-0.1, -0.05) is 42.5 Å². The molecule has 42 heavy (non-hydrogen) atoms. The highest BCUT2D eigenvalue weighted by molar-refractivity contribution is 6.23. The van der Waals surface area contributed by atoms with Crippen molar-refractivity contribution in [3.8, 4) is 11.5 Å². The SMILES string of the molecule is O=C1CC(N(CCc2ccccc2)C(=O)c2ccc([N+](=O)[O-])cc2)C(=O)N1c1ccc(-c2nc3ccccc3o2)cc1. The first-order valence-electron chi connectivity index (χ1n) is 13.3. The van der Waals surface area contributed by atoms with E-state index in [9.17, 15) is 24.5 Å². The largest absolute Gasteiger partial charge is 0.436 e. The molecule has 1 aromatic heterocycles. The number of fused-ring (bicyclic) bond motifs is 1. The number of anilines is 1. The number of amides is 3. The maximum atomic E-state index is 13.7. The van der Waals surface area contributed by atoms with E-state index in [0.29, 0.717) is 29.1 Å². The Morgan fingerprint density at radius 2 is 1.62 bits per heavy atom. The minimum absolute atomic E-state index is 0.151. The third-order valence-corrected chi connectivity index (χ3v) is 7.24. The Hall–Kier alpha value is -5.64. The number of imide groups is 1. The monoisotopic (exact) mass is 560 g/mol. The molecule has 1 saturated heterocycles. The molecule has 1 fully saturated rings. The van der Waals surface area contributed by atoms with Crippen LogP contribution in [0, 0.1) is 10.1 Å². The van der Waals surface area contributed by atoms with Gasteiger partial charge >= 0.3 is 0 Å². The number of para-hydroxylation sites is 2. The van der Waals surface area contributed by atoms with Crippen LogP contribution in [0.1, 0.15) is 22.3 Å². The standard InChI is InChI=1S/C32H24N4O6/c37-29-20-27(32(39)35(29)24-14-10-22(11-15-24)30-33-26-8-4-5-9-28(26)42-30)34(19-18-21-6-2-1-3-7-21)31(38)23-12-16-25(17-13-23)36(40)41/h1-17,27H,18-20H2. The van der Waals surface area contributed by atoms with Crippen LogP contribution >= 0.6 is 0 Å². The molecule has 3 amide bonds. The first kappa shape index (κ1) is 26.6. The zero-order valence-corrected chi connectivity index (χ0v) is 22.3. The summed E-state index contributed by atoms with van der Waals surface area (Å²) in [4.78, 5) is 58.1. The van der Waals surface area contributed by atoms with Crippen molar-refractivity contribution in [2.75, 3.05) is 11.4 Å². The molecule has 5 aromatic rings. The van der Waals surface area contributed by atoms with E-state index >= 15 is 0 Å². The van der Waals surface area contributed by atoms with Crippen LogP contribution in [0.3, 0.4) is 0 Å². The van der Waals surface area contributed by atoms with Crippen LogP contribution in [0.25, 0.3) is 22.6 Å². The van der Waals surface area contributed by atoms with E-state index in [4.69, 9.17) is 4.42 Å². The van der Waals surface area contributed by atoms with E-state index in [1.165, 1.54) is 29.2 Å². The molecule has 0 radical (unpaired) electrons. The van der Waals surface area contributed by atoms with E-state index in [1.54, 1.807) is 24.3 Å². The minimum Gasteiger partial charge on any atom is -0.436 e. The maximum absolute atomic E-state index is 13.7. The highest BCUT2D eigenvalue weighted by atomic mass is 16.6. The molecule has 2 heterocycles. The number of rotatable bonds is 8. The van der Waals surface area contributed by atoms with E-state index in [-0.39, 0.29) is 24.2 Å². The fourth-order valence-corrected chi connectivity index (χ4v) is 5.06. The Morgan fingerprint density at radius 3 is 2.31 bits per heavy atom. The Balaban J connectivity index is 1.26. The van der Waals surface area contributed by atoms with Gasteiger partial charge in [0.05, 0.1) is 17.0 Å². The summed E-state index contributed by atoms with van der Waals surface area (Å²) in [5.41, 5.74) is 3.43. The van der Waals surface area contributed by atoms with Crippen LogP contribution in [-0.4, -0.2) is 45.1 Å². The average molecular weight is 561 g/mol. The number of nitro groups is 1. The number of non-ortho nitro benzene ring substituents is 1. The molecule has 1 aliphatic heterocycles. The molecule has 0 aliphatic carbocycles. The molecule has 0 spiro atoms. The van der Waals surface area contributed by atoms with Crippen molar-refractivity contribution < 1.29 is 23.7 Å². The van der Waals surface area contributed by atoms with Crippen molar-refractivity contribution in [2.45, 2.75) is 18.9 Å². The molecule has 1 atom stereocenters. The zero-order valence-electron chi connectivity index (χ0n) is 22.3. The number of nitro benzene ring substituents is 1. The lowest BCUT2D eigenvalue weighted by Gasteiger charge is -2.28. The first-order valence-corrected chi connectivity index (χ1v) is 13.3. The molecule has 10 heteroatoms. The van der Waals surface area contributed by atoms with Gasteiger partial charge in [-0.15, -0.1) is 0 Å². The molecule has 1 unspecified atom stereocenters. The van der Waals surface area contributed by atoms with Crippen molar-refractivity contribution in [3.63, 3.8) is 0 Å². The van der Waals surface area contributed by atoms with E-state index in [1.807, 2.05) is 54.6 Å².